The topological polar surface area (TPSA) is 29.5 Å². The Bertz CT molecular complexity index is 1000. The van der Waals surface area contributed by atoms with E-state index in [1.54, 1.807) is 0 Å². The number of allylic oxidation sites excluding steroid dienone is 2. The van der Waals surface area contributed by atoms with Crippen LogP contribution in [0.4, 0.5) is 4.79 Å². The van der Waals surface area contributed by atoms with Crippen molar-refractivity contribution in [3.63, 3.8) is 0 Å². The van der Waals surface area contributed by atoms with Crippen LogP contribution >= 0.6 is 0 Å². The number of rotatable bonds is 4. The van der Waals surface area contributed by atoms with E-state index in [9.17, 15) is 4.79 Å². The molecule has 1 aliphatic carbocycles. The molecule has 1 amide bonds. The number of ether oxygens (including phenoxy) is 1. The molecule has 2 aromatic carbocycles. The summed E-state index contributed by atoms with van der Waals surface area (Å²) in [4.78, 5) is 15.3. The van der Waals surface area contributed by atoms with E-state index in [0.717, 1.165) is 25.7 Å². The third-order valence-corrected chi connectivity index (χ3v) is 7.03. The van der Waals surface area contributed by atoms with E-state index in [1.807, 2.05) is 4.90 Å². The van der Waals surface area contributed by atoms with Crippen molar-refractivity contribution in [2.45, 2.75) is 64.0 Å². The van der Waals surface area contributed by atoms with Crippen LogP contribution in [-0.4, -0.2) is 29.7 Å². The van der Waals surface area contributed by atoms with E-state index < -0.39 is 0 Å². The zero-order valence-corrected chi connectivity index (χ0v) is 18.5. The Morgan fingerprint density at radius 1 is 1.03 bits per heavy atom. The highest BCUT2D eigenvalue weighted by atomic mass is 16.6. The molecular weight excluding hydrogens is 382 g/mol. The highest BCUT2D eigenvalue weighted by molar-refractivity contribution is 5.79. The summed E-state index contributed by atoms with van der Waals surface area (Å²) >= 11 is 0. The van der Waals surface area contributed by atoms with E-state index >= 15 is 0 Å². The number of hydrogen-bond donors (Lipinski definition) is 0. The van der Waals surface area contributed by atoms with Gasteiger partial charge in [0.25, 0.3) is 0 Å². The monoisotopic (exact) mass is 413 g/mol. The Labute approximate surface area is 185 Å². The summed E-state index contributed by atoms with van der Waals surface area (Å²) in [5, 5.41) is 0. The maximum absolute atomic E-state index is 13.2. The average Bonchev–Trinajstić information content (AvgIpc) is 3.09. The van der Waals surface area contributed by atoms with Crippen LogP contribution in [0.2, 0.25) is 0 Å². The van der Waals surface area contributed by atoms with Crippen molar-refractivity contribution in [3.8, 4) is 11.1 Å². The molecule has 2 unspecified atom stereocenters. The molecule has 1 saturated heterocycles. The normalized spacial score (nSPS) is 21.7. The molecule has 0 radical (unpaired) electrons. The summed E-state index contributed by atoms with van der Waals surface area (Å²) < 4.78 is 5.99. The highest BCUT2D eigenvalue weighted by Crippen LogP contribution is 2.44. The quantitative estimate of drug-likeness (QED) is 0.513. The molecule has 0 spiro atoms. The highest BCUT2D eigenvalue weighted by Gasteiger charge is 2.38. The van der Waals surface area contributed by atoms with Crippen LogP contribution in [-0.2, 0) is 4.74 Å². The Morgan fingerprint density at radius 2 is 1.71 bits per heavy atom. The van der Waals surface area contributed by atoms with Crippen molar-refractivity contribution in [2.75, 3.05) is 6.61 Å². The first-order valence-corrected chi connectivity index (χ1v) is 11.6. The van der Waals surface area contributed by atoms with Gasteiger partial charge in [0.05, 0.1) is 6.04 Å². The van der Waals surface area contributed by atoms with Gasteiger partial charge in [-0.1, -0.05) is 71.8 Å². The zero-order chi connectivity index (χ0) is 21.4. The second-order valence-corrected chi connectivity index (χ2v) is 9.38. The lowest BCUT2D eigenvalue weighted by Gasteiger charge is -2.44. The molecule has 160 valence electrons. The molecule has 3 nitrogen and oxygen atoms in total. The molecule has 3 aliphatic rings. The summed E-state index contributed by atoms with van der Waals surface area (Å²) in [7, 11) is 0. The molecule has 31 heavy (non-hydrogen) atoms. The van der Waals surface area contributed by atoms with Crippen molar-refractivity contribution in [1.82, 2.24) is 4.90 Å². The Hall–Kier alpha value is -2.81. The number of piperidine rings is 1. The van der Waals surface area contributed by atoms with Gasteiger partial charge in [-0.15, -0.1) is 0 Å². The molecule has 2 bridgehead atoms. The van der Waals surface area contributed by atoms with Crippen LogP contribution in [0, 0.1) is 0 Å². The molecule has 2 aliphatic heterocycles. The second kappa shape index (κ2) is 8.37. The number of nitrogens with zero attached hydrogens (tertiary/aromatic N) is 1. The van der Waals surface area contributed by atoms with Crippen LogP contribution in [0.15, 0.2) is 71.8 Å². The lowest BCUT2D eigenvalue weighted by Crippen LogP contribution is -2.52. The van der Waals surface area contributed by atoms with Crippen molar-refractivity contribution >= 4 is 6.09 Å². The predicted molar refractivity (Wildman–Crippen MR) is 125 cm³/mol. The molecule has 5 rings (SSSR count). The van der Waals surface area contributed by atoms with Gasteiger partial charge in [-0.05, 0) is 68.2 Å². The number of fused-ring (bicyclic) bond motifs is 5. The number of carbonyl (C=O) groups is 1. The first kappa shape index (κ1) is 20.1. The maximum Gasteiger partial charge on any atom is 0.410 e. The van der Waals surface area contributed by atoms with Gasteiger partial charge in [-0.3, -0.25) is 4.90 Å². The summed E-state index contributed by atoms with van der Waals surface area (Å²) in [5.74, 6) is 0.116. The number of benzene rings is 2. The van der Waals surface area contributed by atoms with Gasteiger partial charge in [0.2, 0.25) is 0 Å². The van der Waals surface area contributed by atoms with Gasteiger partial charge >= 0.3 is 6.09 Å². The molecule has 1 fully saturated rings. The van der Waals surface area contributed by atoms with Crippen molar-refractivity contribution in [1.29, 1.82) is 0 Å². The first-order chi connectivity index (χ1) is 15.1. The fraction of sp³-hybridized carbons (Fsp3) is 0.393. The summed E-state index contributed by atoms with van der Waals surface area (Å²) in [6.07, 6.45) is 9.77. The first-order valence-electron chi connectivity index (χ1n) is 11.6. The van der Waals surface area contributed by atoms with E-state index in [0.29, 0.717) is 6.61 Å². The Balaban J connectivity index is 1.32. The number of carbonyl (C=O) groups excluding carboxylic acids is 1. The number of hydrogen-bond acceptors (Lipinski definition) is 2. The second-order valence-electron chi connectivity index (χ2n) is 9.38. The van der Waals surface area contributed by atoms with Crippen LogP contribution in [0.3, 0.4) is 0 Å². The molecular formula is C28H31NO2. The van der Waals surface area contributed by atoms with Gasteiger partial charge in [-0.25, -0.2) is 4.79 Å². The fourth-order valence-electron chi connectivity index (χ4n) is 5.56. The van der Waals surface area contributed by atoms with Crippen molar-refractivity contribution in [2.24, 2.45) is 0 Å². The van der Waals surface area contributed by atoms with Crippen LogP contribution in [0.1, 0.15) is 63.0 Å². The molecule has 2 heterocycles. The molecule has 0 saturated carbocycles. The smallest absolute Gasteiger partial charge is 0.410 e. The SMILES string of the molecule is CC(C)=CCC1=CC2CCCC(C1)N2C(=O)OCC1c2ccccc2-c2ccccc21. The zero-order valence-electron chi connectivity index (χ0n) is 18.5. The average molecular weight is 414 g/mol. The minimum Gasteiger partial charge on any atom is -0.448 e. The molecule has 0 N–H and O–H groups in total. The number of amides is 1. The van der Waals surface area contributed by atoms with Crippen molar-refractivity contribution < 1.29 is 9.53 Å². The van der Waals surface area contributed by atoms with Gasteiger partial charge in [0.1, 0.15) is 6.61 Å². The van der Waals surface area contributed by atoms with E-state index in [-0.39, 0.29) is 24.1 Å². The third kappa shape index (κ3) is 3.82. The molecule has 2 aromatic rings. The summed E-state index contributed by atoms with van der Waals surface area (Å²) in [6.45, 7) is 4.69. The Kier molecular flexibility index (Phi) is 5.43. The van der Waals surface area contributed by atoms with Gasteiger partial charge < -0.3 is 4.74 Å². The molecule has 3 heteroatoms. The Morgan fingerprint density at radius 3 is 2.35 bits per heavy atom. The lowest BCUT2D eigenvalue weighted by atomic mass is 9.84. The summed E-state index contributed by atoms with van der Waals surface area (Å²) in [5.41, 5.74) is 7.88. The third-order valence-electron chi connectivity index (χ3n) is 7.03. The minimum atomic E-state index is -0.144. The maximum atomic E-state index is 13.2. The van der Waals surface area contributed by atoms with E-state index in [4.69, 9.17) is 4.74 Å². The fourth-order valence-corrected chi connectivity index (χ4v) is 5.56. The van der Waals surface area contributed by atoms with Gasteiger partial charge in [0.15, 0.2) is 0 Å². The van der Waals surface area contributed by atoms with Crippen molar-refractivity contribution in [3.05, 3.63) is 83.0 Å². The molecule has 0 aromatic heterocycles. The largest absolute Gasteiger partial charge is 0.448 e. The van der Waals surface area contributed by atoms with E-state index in [2.05, 4.69) is 74.5 Å². The minimum absolute atomic E-state index is 0.116. The molecule has 2 atom stereocenters. The van der Waals surface area contributed by atoms with Gasteiger partial charge in [-0.2, -0.15) is 0 Å². The van der Waals surface area contributed by atoms with Crippen LogP contribution < -0.4 is 0 Å². The standard InChI is InChI=1S/C28H31NO2/c1-19(2)14-15-20-16-21-8-7-9-22(17-20)29(21)28(30)31-18-27-25-12-5-3-10-23(25)24-11-4-6-13-26(24)27/h3-6,10-14,16,21-22,27H,7-9,15,17-18H2,1-2H3. The van der Waals surface area contributed by atoms with Crippen LogP contribution in [0.5, 0.6) is 0 Å². The lowest BCUT2D eigenvalue weighted by molar-refractivity contribution is 0.0509. The van der Waals surface area contributed by atoms with Gasteiger partial charge in [0, 0.05) is 12.0 Å². The van der Waals surface area contributed by atoms with Crippen LogP contribution in [0.25, 0.3) is 11.1 Å². The van der Waals surface area contributed by atoms with E-state index in [1.165, 1.54) is 39.8 Å². The summed E-state index contributed by atoms with van der Waals surface area (Å²) in [6, 6.07) is 17.5. The predicted octanol–water partition coefficient (Wildman–Crippen LogP) is 6.85.